The van der Waals surface area contributed by atoms with E-state index in [-0.39, 0.29) is 0 Å². The molecule has 0 radical (unpaired) electrons. The van der Waals surface area contributed by atoms with Gasteiger partial charge in [0.05, 0.1) is 10.5 Å². The van der Waals surface area contributed by atoms with Gasteiger partial charge in [-0.1, -0.05) is 41.4 Å². The van der Waals surface area contributed by atoms with Crippen molar-refractivity contribution >= 4 is 44.3 Å². The molecule has 2 nitrogen and oxygen atoms in total. The zero-order chi connectivity index (χ0) is 13.3. The van der Waals surface area contributed by atoms with Crippen LogP contribution < -0.4 is 5.32 Å². The van der Waals surface area contributed by atoms with E-state index in [0.717, 1.165) is 27.7 Å². The van der Waals surface area contributed by atoms with Gasteiger partial charge in [-0.25, -0.2) is 4.98 Å². The van der Waals surface area contributed by atoms with Crippen molar-refractivity contribution in [1.82, 2.24) is 4.98 Å². The van der Waals surface area contributed by atoms with E-state index in [1.807, 2.05) is 6.07 Å². The van der Waals surface area contributed by atoms with Crippen LogP contribution in [0.3, 0.4) is 0 Å². The average molecular weight is 328 g/mol. The molecule has 0 aliphatic heterocycles. The summed E-state index contributed by atoms with van der Waals surface area (Å²) < 4.78 is 0.979. The Hall–Kier alpha value is -0.800. The molecule has 1 heterocycles. The first-order valence-corrected chi connectivity index (χ1v) is 7.23. The standard InChI is InChI=1S/C14H16BrClN2/c1-4-17-14-11(8(2)3)6-9-5-10(15)7-12(16)13(9)18-14/h5-8H,4H2,1-3H3,(H,17,18). The predicted molar refractivity (Wildman–Crippen MR) is 82.7 cm³/mol. The predicted octanol–water partition coefficient (Wildman–Crippen LogP) is 5.21. The molecule has 0 aliphatic rings. The maximum Gasteiger partial charge on any atom is 0.130 e. The van der Waals surface area contributed by atoms with Crippen molar-refractivity contribution in [3.05, 3.63) is 33.3 Å². The summed E-state index contributed by atoms with van der Waals surface area (Å²) in [5, 5.41) is 5.05. The molecule has 18 heavy (non-hydrogen) atoms. The van der Waals surface area contributed by atoms with Crippen molar-refractivity contribution in [3.8, 4) is 0 Å². The summed E-state index contributed by atoms with van der Waals surface area (Å²) in [6.07, 6.45) is 0. The summed E-state index contributed by atoms with van der Waals surface area (Å²) in [6.45, 7) is 7.26. The number of hydrogen-bond acceptors (Lipinski definition) is 2. The number of hydrogen-bond donors (Lipinski definition) is 1. The van der Waals surface area contributed by atoms with Gasteiger partial charge in [-0.3, -0.25) is 0 Å². The zero-order valence-corrected chi connectivity index (χ0v) is 13.1. The number of aromatic nitrogens is 1. The molecular weight excluding hydrogens is 312 g/mol. The Balaban J connectivity index is 2.72. The van der Waals surface area contributed by atoms with E-state index in [9.17, 15) is 0 Å². The fraction of sp³-hybridized carbons (Fsp3) is 0.357. The quantitative estimate of drug-likeness (QED) is 0.837. The Labute approximate surface area is 121 Å². The van der Waals surface area contributed by atoms with Crippen molar-refractivity contribution in [2.75, 3.05) is 11.9 Å². The van der Waals surface area contributed by atoms with E-state index in [1.165, 1.54) is 5.56 Å². The molecule has 1 aromatic carbocycles. The SMILES string of the molecule is CCNc1nc2c(Cl)cc(Br)cc2cc1C(C)C. The van der Waals surface area contributed by atoms with Crippen LogP contribution in [0.25, 0.3) is 10.9 Å². The van der Waals surface area contributed by atoms with Crippen LogP contribution in [0.2, 0.25) is 5.02 Å². The second-order valence-electron chi connectivity index (χ2n) is 4.57. The third-order valence-corrected chi connectivity index (χ3v) is 3.58. The van der Waals surface area contributed by atoms with Crippen LogP contribution in [0.5, 0.6) is 0 Å². The highest BCUT2D eigenvalue weighted by atomic mass is 79.9. The van der Waals surface area contributed by atoms with Gasteiger partial charge in [-0.15, -0.1) is 0 Å². The minimum Gasteiger partial charge on any atom is -0.370 e. The highest BCUT2D eigenvalue weighted by molar-refractivity contribution is 9.10. The van der Waals surface area contributed by atoms with Gasteiger partial charge in [0.25, 0.3) is 0 Å². The minimum atomic E-state index is 0.425. The lowest BCUT2D eigenvalue weighted by atomic mass is 10.0. The summed E-state index contributed by atoms with van der Waals surface area (Å²) in [7, 11) is 0. The number of nitrogens with zero attached hydrogens (tertiary/aromatic N) is 1. The lowest BCUT2D eigenvalue weighted by Crippen LogP contribution is -2.05. The molecule has 96 valence electrons. The van der Waals surface area contributed by atoms with Gasteiger partial charge in [0.1, 0.15) is 5.82 Å². The van der Waals surface area contributed by atoms with Gasteiger partial charge in [-0.2, -0.15) is 0 Å². The third kappa shape index (κ3) is 2.62. The summed E-state index contributed by atoms with van der Waals surface area (Å²) >= 11 is 9.71. The highest BCUT2D eigenvalue weighted by Crippen LogP contribution is 2.32. The lowest BCUT2D eigenvalue weighted by Gasteiger charge is -2.15. The Morgan fingerprint density at radius 2 is 2.06 bits per heavy atom. The van der Waals surface area contributed by atoms with E-state index < -0.39 is 0 Å². The molecule has 0 bridgehead atoms. The molecule has 2 aromatic rings. The maximum absolute atomic E-state index is 6.25. The Kier molecular flexibility index (Phi) is 4.13. The Morgan fingerprint density at radius 1 is 1.33 bits per heavy atom. The highest BCUT2D eigenvalue weighted by Gasteiger charge is 2.12. The zero-order valence-electron chi connectivity index (χ0n) is 10.7. The monoisotopic (exact) mass is 326 g/mol. The molecular formula is C14H16BrClN2. The van der Waals surface area contributed by atoms with Gasteiger partial charge in [0, 0.05) is 16.4 Å². The third-order valence-electron chi connectivity index (χ3n) is 2.83. The number of fused-ring (bicyclic) bond motifs is 1. The number of benzene rings is 1. The Bertz CT molecular complexity index is 582. The first kappa shape index (κ1) is 13.6. The number of rotatable bonds is 3. The summed E-state index contributed by atoms with van der Waals surface area (Å²) in [5.74, 6) is 1.36. The van der Waals surface area contributed by atoms with Gasteiger partial charge in [-0.05, 0) is 36.6 Å². The average Bonchev–Trinajstić information content (AvgIpc) is 2.29. The number of anilines is 1. The molecule has 0 saturated carbocycles. The maximum atomic E-state index is 6.25. The molecule has 0 fully saturated rings. The van der Waals surface area contributed by atoms with Crippen molar-refractivity contribution in [2.45, 2.75) is 26.7 Å². The van der Waals surface area contributed by atoms with Crippen molar-refractivity contribution in [3.63, 3.8) is 0 Å². The molecule has 1 aromatic heterocycles. The van der Waals surface area contributed by atoms with E-state index in [4.69, 9.17) is 11.6 Å². The molecule has 0 atom stereocenters. The second kappa shape index (κ2) is 5.45. The molecule has 0 amide bonds. The largest absolute Gasteiger partial charge is 0.370 e. The molecule has 0 spiro atoms. The van der Waals surface area contributed by atoms with Gasteiger partial charge in [0.2, 0.25) is 0 Å². The molecule has 1 N–H and O–H groups in total. The Morgan fingerprint density at radius 3 is 2.67 bits per heavy atom. The smallest absolute Gasteiger partial charge is 0.130 e. The first-order valence-electron chi connectivity index (χ1n) is 6.06. The summed E-state index contributed by atoms with van der Waals surface area (Å²) in [6, 6.07) is 6.10. The van der Waals surface area contributed by atoms with Gasteiger partial charge >= 0.3 is 0 Å². The van der Waals surface area contributed by atoms with Crippen LogP contribution >= 0.6 is 27.5 Å². The summed E-state index contributed by atoms with van der Waals surface area (Å²) in [4.78, 5) is 4.66. The van der Waals surface area contributed by atoms with E-state index >= 15 is 0 Å². The molecule has 4 heteroatoms. The topological polar surface area (TPSA) is 24.9 Å². The van der Waals surface area contributed by atoms with E-state index in [2.05, 4.69) is 59.1 Å². The molecule has 0 saturated heterocycles. The van der Waals surface area contributed by atoms with Crippen LogP contribution in [0.15, 0.2) is 22.7 Å². The molecule has 0 aliphatic carbocycles. The van der Waals surface area contributed by atoms with E-state index in [1.54, 1.807) is 0 Å². The fourth-order valence-electron chi connectivity index (χ4n) is 1.98. The van der Waals surface area contributed by atoms with Crippen LogP contribution in [0.1, 0.15) is 32.3 Å². The van der Waals surface area contributed by atoms with Crippen LogP contribution in [0.4, 0.5) is 5.82 Å². The molecule has 0 unspecified atom stereocenters. The van der Waals surface area contributed by atoms with Crippen molar-refractivity contribution in [1.29, 1.82) is 0 Å². The van der Waals surface area contributed by atoms with Crippen molar-refractivity contribution < 1.29 is 0 Å². The fourth-order valence-corrected chi connectivity index (χ4v) is 2.85. The van der Waals surface area contributed by atoms with E-state index in [0.29, 0.717) is 10.9 Å². The van der Waals surface area contributed by atoms with Crippen LogP contribution in [-0.4, -0.2) is 11.5 Å². The number of nitrogens with one attached hydrogen (secondary N) is 1. The lowest BCUT2D eigenvalue weighted by molar-refractivity contribution is 0.861. The number of pyridine rings is 1. The number of halogens is 2. The normalized spacial score (nSPS) is 11.2. The van der Waals surface area contributed by atoms with Gasteiger partial charge < -0.3 is 5.32 Å². The summed E-state index contributed by atoms with van der Waals surface area (Å²) in [5.41, 5.74) is 2.07. The first-order chi connectivity index (χ1) is 8.52. The minimum absolute atomic E-state index is 0.425. The van der Waals surface area contributed by atoms with Crippen LogP contribution in [-0.2, 0) is 0 Å². The van der Waals surface area contributed by atoms with Gasteiger partial charge in [0.15, 0.2) is 0 Å². The van der Waals surface area contributed by atoms with Crippen LogP contribution in [0, 0.1) is 0 Å². The second-order valence-corrected chi connectivity index (χ2v) is 5.89. The molecule has 2 rings (SSSR count). The van der Waals surface area contributed by atoms with Crippen molar-refractivity contribution in [2.24, 2.45) is 0 Å².